The molecular weight excluding hydrogens is 458 g/mol. The third-order valence-corrected chi connectivity index (χ3v) is 6.06. The molecule has 31 heavy (non-hydrogen) atoms. The maximum absolute atomic E-state index is 13.5. The van der Waals surface area contributed by atoms with Gasteiger partial charge in [-0.05, 0) is 36.4 Å². The largest absolute Gasteiger partial charge is 0.324 e. The SMILES string of the molecule is O=C(CSc1nnc(-c2ccccc2)n1-c1ccc(F)cc1)Nc1cccc(Cl)c1Cl. The Balaban J connectivity index is 1.59. The standard InChI is InChI=1S/C22H15Cl2FN4OS/c23-17-7-4-8-18(20(17)24)26-19(30)13-31-22-28-27-21(14-5-2-1-3-6-14)29(22)16-11-9-15(25)10-12-16/h1-12H,13H2,(H,26,30). The highest BCUT2D eigenvalue weighted by Crippen LogP contribution is 2.31. The molecule has 0 spiro atoms. The van der Waals surface area contributed by atoms with E-state index in [0.29, 0.717) is 27.4 Å². The molecule has 4 aromatic rings. The summed E-state index contributed by atoms with van der Waals surface area (Å²) in [4.78, 5) is 12.5. The quantitative estimate of drug-likeness (QED) is 0.343. The summed E-state index contributed by atoms with van der Waals surface area (Å²) in [5, 5.41) is 12.4. The minimum atomic E-state index is -0.343. The van der Waals surface area contributed by atoms with E-state index in [2.05, 4.69) is 15.5 Å². The van der Waals surface area contributed by atoms with Crippen LogP contribution < -0.4 is 5.32 Å². The highest BCUT2D eigenvalue weighted by atomic mass is 35.5. The van der Waals surface area contributed by atoms with Gasteiger partial charge >= 0.3 is 0 Å². The molecule has 0 unspecified atom stereocenters. The number of halogens is 3. The average molecular weight is 473 g/mol. The van der Waals surface area contributed by atoms with E-state index in [1.165, 1.54) is 23.9 Å². The van der Waals surface area contributed by atoms with Crippen LogP contribution >= 0.6 is 35.0 Å². The minimum Gasteiger partial charge on any atom is -0.324 e. The number of anilines is 1. The van der Waals surface area contributed by atoms with E-state index < -0.39 is 0 Å². The summed E-state index contributed by atoms with van der Waals surface area (Å²) >= 11 is 13.3. The number of thioether (sulfide) groups is 1. The average Bonchev–Trinajstić information content (AvgIpc) is 3.21. The molecule has 0 bridgehead atoms. The van der Waals surface area contributed by atoms with Crippen LogP contribution in [0.25, 0.3) is 17.1 Å². The summed E-state index contributed by atoms with van der Waals surface area (Å²) in [6.07, 6.45) is 0. The number of carbonyl (C=O) groups is 1. The van der Waals surface area contributed by atoms with E-state index in [9.17, 15) is 9.18 Å². The molecule has 0 fully saturated rings. The normalized spacial score (nSPS) is 10.8. The molecule has 1 heterocycles. The van der Waals surface area contributed by atoms with Crippen molar-refractivity contribution in [3.05, 3.63) is 88.7 Å². The molecule has 0 atom stereocenters. The van der Waals surface area contributed by atoms with Crippen molar-refractivity contribution < 1.29 is 9.18 Å². The monoisotopic (exact) mass is 472 g/mol. The number of nitrogens with zero attached hydrogens (tertiary/aromatic N) is 3. The van der Waals surface area contributed by atoms with Crippen LogP contribution in [0.4, 0.5) is 10.1 Å². The van der Waals surface area contributed by atoms with Gasteiger partial charge in [0.05, 0.1) is 21.5 Å². The van der Waals surface area contributed by atoms with Gasteiger partial charge in [0.15, 0.2) is 11.0 Å². The molecule has 5 nitrogen and oxygen atoms in total. The third-order valence-electron chi connectivity index (χ3n) is 4.31. The van der Waals surface area contributed by atoms with Gasteiger partial charge in [0.2, 0.25) is 5.91 Å². The number of aromatic nitrogens is 3. The van der Waals surface area contributed by atoms with E-state index in [0.717, 1.165) is 5.56 Å². The Bertz CT molecular complexity index is 1220. The van der Waals surface area contributed by atoms with Gasteiger partial charge in [-0.2, -0.15) is 0 Å². The highest BCUT2D eigenvalue weighted by Gasteiger charge is 2.18. The molecular formula is C22H15Cl2FN4OS. The molecule has 0 saturated heterocycles. The maximum atomic E-state index is 13.5. The molecule has 0 aliphatic heterocycles. The van der Waals surface area contributed by atoms with Gasteiger partial charge in [0.25, 0.3) is 0 Å². The smallest absolute Gasteiger partial charge is 0.234 e. The number of hydrogen-bond donors (Lipinski definition) is 1. The zero-order valence-corrected chi connectivity index (χ0v) is 18.3. The fourth-order valence-electron chi connectivity index (χ4n) is 2.88. The molecule has 0 aliphatic carbocycles. The molecule has 1 amide bonds. The number of nitrogens with one attached hydrogen (secondary N) is 1. The first-order chi connectivity index (χ1) is 15.0. The zero-order chi connectivity index (χ0) is 21.8. The van der Waals surface area contributed by atoms with Crippen molar-refractivity contribution in [1.82, 2.24) is 14.8 Å². The van der Waals surface area contributed by atoms with Gasteiger partial charge in [-0.25, -0.2) is 4.39 Å². The predicted molar refractivity (Wildman–Crippen MR) is 123 cm³/mol. The molecule has 156 valence electrons. The van der Waals surface area contributed by atoms with Gasteiger partial charge in [0.1, 0.15) is 5.82 Å². The molecule has 0 aliphatic rings. The van der Waals surface area contributed by atoms with Crippen LogP contribution in [0.15, 0.2) is 78.0 Å². The first-order valence-corrected chi connectivity index (χ1v) is 10.9. The number of rotatable bonds is 6. The Labute approximate surface area is 192 Å². The first-order valence-electron chi connectivity index (χ1n) is 9.16. The van der Waals surface area contributed by atoms with Crippen LogP contribution in [0, 0.1) is 5.82 Å². The third kappa shape index (κ3) is 4.90. The molecule has 0 radical (unpaired) electrons. The van der Waals surface area contributed by atoms with Crippen LogP contribution in [-0.4, -0.2) is 26.4 Å². The fraction of sp³-hybridized carbons (Fsp3) is 0.0455. The second kappa shape index (κ2) is 9.51. The lowest BCUT2D eigenvalue weighted by Crippen LogP contribution is -2.15. The Kier molecular flexibility index (Phi) is 6.56. The molecule has 1 N–H and O–H groups in total. The molecule has 0 saturated carbocycles. The number of hydrogen-bond acceptors (Lipinski definition) is 4. The van der Waals surface area contributed by atoms with Crippen LogP contribution in [0.5, 0.6) is 0 Å². The molecule has 1 aromatic heterocycles. The van der Waals surface area contributed by atoms with Crippen molar-refractivity contribution in [3.63, 3.8) is 0 Å². The van der Waals surface area contributed by atoms with E-state index in [-0.39, 0.29) is 22.5 Å². The van der Waals surface area contributed by atoms with Crippen molar-refractivity contribution in [2.75, 3.05) is 11.1 Å². The second-order valence-corrected chi connectivity index (χ2v) is 8.15. The number of amides is 1. The summed E-state index contributed by atoms with van der Waals surface area (Å²) in [5.41, 5.74) is 1.97. The summed E-state index contributed by atoms with van der Waals surface area (Å²) < 4.78 is 15.2. The summed E-state index contributed by atoms with van der Waals surface area (Å²) in [7, 11) is 0. The van der Waals surface area contributed by atoms with Crippen LogP contribution in [0.3, 0.4) is 0 Å². The van der Waals surface area contributed by atoms with Gasteiger partial charge in [-0.15, -0.1) is 10.2 Å². The number of benzene rings is 3. The van der Waals surface area contributed by atoms with Crippen molar-refractivity contribution in [2.24, 2.45) is 0 Å². The van der Waals surface area contributed by atoms with Crippen LogP contribution in [0.2, 0.25) is 10.0 Å². The Morgan fingerprint density at radius 2 is 1.71 bits per heavy atom. The highest BCUT2D eigenvalue weighted by molar-refractivity contribution is 7.99. The van der Waals surface area contributed by atoms with E-state index in [1.807, 2.05) is 30.3 Å². The fourth-order valence-corrected chi connectivity index (χ4v) is 3.98. The Morgan fingerprint density at radius 3 is 2.45 bits per heavy atom. The van der Waals surface area contributed by atoms with Crippen molar-refractivity contribution in [2.45, 2.75) is 5.16 Å². The lowest BCUT2D eigenvalue weighted by atomic mass is 10.2. The number of carbonyl (C=O) groups excluding carboxylic acids is 1. The van der Waals surface area contributed by atoms with Gasteiger partial charge < -0.3 is 5.32 Å². The van der Waals surface area contributed by atoms with Crippen molar-refractivity contribution in [1.29, 1.82) is 0 Å². The molecule has 3 aromatic carbocycles. The molecule has 4 rings (SSSR count). The van der Waals surface area contributed by atoms with Gasteiger partial charge in [-0.1, -0.05) is 71.4 Å². The molecule has 9 heteroatoms. The summed E-state index contributed by atoms with van der Waals surface area (Å²) in [6, 6.07) is 20.6. The predicted octanol–water partition coefficient (Wildman–Crippen LogP) is 6.11. The summed E-state index contributed by atoms with van der Waals surface area (Å²) in [6.45, 7) is 0. The van der Waals surface area contributed by atoms with Gasteiger partial charge in [-0.3, -0.25) is 9.36 Å². The minimum absolute atomic E-state index is 0.0664. The first kappa shape index (κ1) is 21.4. The van der Waals surface area contributed by atoms with E-state index in [1.54, 1.807) is 34.9 Å². The van der Waals surface area contributed by atoms with Crippen LogP contribution in [-0.2, 0) is 4.79 Å². The Hall–Kier alpha value is -2.87. The lowest BCUT2D eigenvalue weighted by Gasteiger charge is -2.11. The van der Waals surface area contributed by atoms with E-state index >= 15 is 0 Å². The second-order valence-electron chi connectivity index (χ2n) is 6.42. The van der Waals surface area contributed by atoms with Crippen molar-refractivity contribution in [3.8, 4) is 17.1 Å². The summed E-state index contributed by atoms with van der Waals surface area (Å²) in [5.74, 6) is 0.0406. The van der Waals surface area contributed by atoms with Crippen LogP contribution in [0.1, 0.15) is 0 Å². The van der Waals surface area contributed by atoms with E-state index in [4.69, 9.17) is 23.2 Å². The Morgan fingerprint density at radius 1 is 0.968 bits per heavy atom. The van der Waals surface area contributed by atoms with Gasteiger partial charge in [0, 0.05) is 11.3 Å². The zero-order valence-electron chi connectivity index (χ0n) is 15.9. The lowest BCUT2D eigenvalue weighted by molar-refractivity contribution is -0.113. The van der Waals surface area contributed by atoms with Crippen molar-refractivity contribution >= 4 is 46.6 Å². The topological polar surface area (TPSA) is 59.8 Å². The maximum Gasteiger partial charge on any atom is 0.234 e.